The van der Waals surface area contributed by atoms with Crippen molar-refractivity contribution in [2.24, 2.45) is 0 Å². The second kappa shape index (κ2) is 10.2. The van der Waals surface area contributed by atoms with Gasteiger partial charge in [-0.15, -0.1) is 0 Å². The van der Waals surface area contributed by atoms with Gasteiger partial charge in [0.05, 0.1) is 28.4 Å². The van der Waals surface area contributed by atoms with Gasteiger partial charge in [0.2, 0.25) is 0 Å². The molecule has 0 spiro atoms. The lowest BCUT2D eigenvalue weighted by Gasteiger charge is -2.23. The quantitative estimate of drug-likeness (QED) is 0.423. The van der Waals surface area contributed by atoms with Crippen molar-refractivity contribution in [1.29, 1.82) is 0 Å². The van der Waals surface area contributed by atoms with Crippen molar-refractivity contribution in [1.82, 2.24) is 0 Å². The number of hydrogen-bond acceptors (Lipinski definition) is 4. The summed E-state index contributed by atoms with van der Waals surface area (Å²) in [5.74, 6) is -0.150. The molecule has 0 aliphatic rings. The molecule has 0 saturated carbocycles. The lowest BCUT2D eigenvalue weighted by molar-refractivity contribution is 0.416. The third kappa shape index (κ3) is 5.29. The van der Waals surface area contributed by atoms with Crippen LogP contribution in [0.4, 0.5) is 21.5 Å². The summed E-state index contributed by atoms with van der Waals surface area (Å²) in [5, 5.41) is 5.91. The van der Waals surface area contributed by atoms with Gasteiger partial charge < -0.3 is 15.4 Å². The van der Waals surface area contributed by atoms with Gasteiger partial charge in [-0.3, -0.25) is 4.31 Å². The summed E-state index contributed by atoms with van der Waals surface area (Å²) in [4.78, 5) is 0.0686. The fourth-order valence-electron chi connectivity index (χ4n) is 3.02. The number of nitrogens with zero attached hydrogens (tertiary/aromatic N) is 1. The van der Waals surface area contributed by atoms with Crippen molar-refractivity contribution in [3.63, 3.8) is 0 Å². The number of halogens is 2. The SMILES string of the molecule is CCN(c1ccccc1)S(=O)(=O)c1ccc(OC)c(NC(=S)Nc2ccc(F)c(Cl)c2)c1. The van der Waals surface area contributed by atoms with Gasteiger partial charge >= 0.3 is 0 Å². The summed E-state index contributed by atoms with van der Waals surface area (Å²) in [5.41, 5.74) is 1.38. The van der Waals surface area contributed by atoms with Crippen LogP contribution in [0, 0.1) is 5.82 Å². The maximum Gasteiger partial charge on any atom is 0.264 e. The van der Waals surface area contributed by atoms with Crippen molar-refractivity contribution in [2.75, 3.05) is 28.6 Å². The van der Waals surface area contributed by atoms with Crippen LogP contribution in [-0.2, 0) is 10.0 Å². The molecule has 0 heterocycles. The van der Waals surface area contributed by atoms with E-state index in [1.807, 2.05) is 6.07 Å². The number of rotatable bonds is 7. The Bertz CT molecular complexity index is 1220. The fraction of sp³-hybridized carbons (Fsp3) is 0.136. The van der Waals surface area contributed by atoms with E-state index >= 15 is 0 Å². The summed E-state index contributed by atoms with van der Waals surface area (Å²) < 4.78 is 46.7. The van der Waals surface area contributed by atoms with Crippen LogP contribution >= 0.6 is 23.8 Å². The van der Waals surface area contributed by atoms with Gasteiger partial charge in [0, 0.05) is 12.2 Å². The Balaban J connectivity index is 1.89. The van der Waals surface area contributed by atoms with Crippen molar-refractivity contribution >= 4 is 56.0 Å². The van der Waals surface area contributed by atoms with Gasteiger partial charge in [-0.2, -0.15) is 0 Å². The number of ether oxygens (including phenoxy) is 1. The molecule has 0 aliphatic carbocycles. The van der Waals surface area contributed by atoms with E-state index in [1.54, 1.807) is 37.3 Å². The Morgan fingerprint density at radius 1 is 1.09 bits per heavy atom. The van der Waals surface area contributed by atoms with Gasteiger partial charge in [0.25, 0.3) is 10.0 Å². The zero-order valence-electron chi connectivity index (χ0n) is 17.3. The molecule has 168 valence electrons. The molecule has 2 N–H and O–H groups in total. The predicted molar refractivity (Wildman–Crippen MR) is 131 cm³/mol. The molecule has 6 nitrogen and oxygen atoms in total. The van der Waals surface area contributed by atoms with Crippen LogP contribution in [0.25, 0.3) is 0 Å². The molecule has 0 amide bonds. The summed E-state index contributed by atoms with van der Waals surface area (Å²) in [6.07, 6.45) is 0. The minimum absolute atomic E-state index is 0.0518. The van der Waals surface area contributed by atoms with Crippen LogP contribution in [0.2, 0.25) is 5.02 Å². The first-order valence-electron chi connectivity index (χ1n) is 9.55. The van der Waals surface area contributed by atoms with Gasteiger partial charge in [-0.05, 0) is 67.7 Å². The Hall–Kier alpha value is -2.88. The van der Waals surface area contributed by atoms with Gasteiger partial charge in [0.1, 0.15) is 11.6 Å². The first-order valence-corrected chi connectivity index (χ1v) is 11.8. The van der Waals surface area contributed by atoms with Gasteiger partial charge in [-0.1, -0.05) is 29.8 Å². The highest BCUT2D eigenvalue weighted by atomic mass is 35.5. The molecule has 0 radical (unpaired) electrons. The van der Waals surface area contributed by atoms with Crippen molar-refractivity contribution in [3.05, 3.63) is 77.6 Å². The van der Waals surface area contributed by atoms with E-state index in [0.29, 0.717) is 22.8 Å². The number of thiocarbonyl (C=S) groups is 1. The zero-order chi connectivity index (χ0) is 23.3. The predicted octanol–water partition coefficient (Wildman–Crippen LogP) is 5.51. The molecule has 32 heavy (non-hydrogen) atoms. The Morgan fingerprint density at radius 2 is 1.81 bits per heavy atom. The maximum absolute atomic E-state index is 13.4. The number of sulfonamides is 1. The van der Waals surface area contributed by atoms with E-state index in [4.69, 9.17) is 28.6 Å². The van der Waals surface area contributed by atoms with Crippen LogP contribution in [-0.4, -0.2) is 27.2 Å². The molecule has 0 aromatic heterocycles. The first kappa shape index (κ1) is 23.8. The highest BCUT2D eigenvalue weighted by molar-refractivity contribution is 7.92. The number of methoxy groups -OCH3 is 1. The number of para-hydroxylation sites is 1. The van der Waals surface area contributed by atoms with Gasteiger partial charge in [0.15, 0.2) is 5.11 Å². The molecule has 0 saturated heterocycles. The molecule has 3 rings (SSSR count). The Kier molecular flexibility index (Phi) is 7.55. The second-order valence-electron chi connectivity index (χ2n) is 6.58. The van der Waals surface area contributed by atoms with Crippen molar-refractivity contribution in [3.8, 4) is 5.75 Å². The van der Waals surface area contributed by atoms with Crippen LogP contribution in [0.3, 0.4) is 0 Å². The van der Waals surface area contributed by atoms with E-state index in [-0.39, 0.29) is 21.6 Å². The monoisotopic (exact) mass is 493 g/mol. The summed E-state index contributed by atoms with van der Waals surface area (Å²) in [7, 11) is -2.38. The van der Waals surface area contributed by atoms with Crippen LogP contribution in [0.15, 0.2) is 71.6 Å². The van der Waals surface area contributed by atoms with E-state index < -0.39 is 15.8 Å². The average molecular weight is 494 g/mol. The maximum atomic E-state index is 13.4. The highest BCUT2D eigenvalue weighted by Gasteiger charge is 2.25. The zero-order valence-corrected chi connectivity index (χ0v) is 19.7. The number of hydrogen-bond donors (Lipinski definition) is 2. The van der Waals surface area contributed by atoms with Crippen molar-refractivity contribution in [2.45, 2.75) is 11.8 Å². The summed E-state index contributed by atoms with van der Waals surface area (Å²) >= 11 is 11.1. The second-order valence-corrected chi connectivity index (χ2v) is 9.25. The first-order chi connectivity index (χ1) is 15.3. The smallest absolute Gasteiger partial charge is 0.264 e. The molecular formula is C22H21ClFN3O3S2. The van der Waals surface area contributed by atoms with Crippen molar-refractivity contribution < 1.29 is 17.5 Å². The molecule has 0 fully saturated rings. The number of nitrogens with one attached hydrogen (secondary N) is 2. The Morgan fingerprint density at radius 3 is 2.44 bits per heavy atom. The largest absolute Gasteiger partial charge is 0.495 e. The molecular weight excluding hydrogens is 473 g/mol. The standard InChI is InChI=1S/C22H21ClFN3O3S2/c1-3-27(16-7-5-4-6-8-16)32(28,29)17-10-12-21(30-2)20(14-17)26-22(31)25-15-9-11-19(24)18(23)13-15/h4-14H,3H2,1-2H3,(H2,25,26,31). The lowest BCUT2D eigenvalue weighted by atomic mass is 10.3. The third-order valence-corrected chi connectivity index (χ3v) is 6.91. The number of benzene rings is 3. The molecule has 0 aliphatic heterocycles. The topological polar surface area (TPSA) is 70.7 Å². The minimum Gasteiger partial charge on any atom is -0.495 e. The van der Waals surface area contributed by atoms with Crippen LogP contribution in [0.5, 0.6) is 5.75 Å². The molecule has 0 atom stereocenters. The lowest BCUT2D eigenvalue weighted by Crippen LogP contribution is -2.30. The van der Waals surface area contributed by atoms with Crippen LogP contribution < -0.4 is 19.7 Å². The number of anilines is 3. The summed E-state index contributed by atoms with van der Waals surface area (Å²) in [6, 6.07) is 17.4. The highest BCUT2D eigenvalue weighted by Crippen LogP contribution is 2.31. The third-order valence-electron chi connectivity index (χ3n) is 4.52. The molecule has 3 aromatic carbocycles. The van der Waals surface area contributed by atoms with Crippen LogP contribution in [0.1, 0.15) is 6.92 Å². The normalized spacial score (nSPS) is 11.0. The van der Waals surface area contributed by atoms with E-state index in [9.17, 15) is 12.8 Å². The molecule has 10 heteroatoms. The summed E-state index contributed by atoms with van der Waals surface area (Å²) in [6.45, 7) is 2.02. The van der Waals surface area contributed by atoms with Gasteiger partial charge in [-0.25, -0.2) is 12.8 Å². The molecule has 0 bridgehead atoms. The molecule has 3 aromatic rings. The minimum atomic E-state index is -3.84. The van der Waals surface area contributed by atoms with E-state index in [1.165, 1.54) is 41.7 Å². The van der Waals surface area contributed by atoms with E-state index in [2.05, 4.69) is 10.6 Å². The fourth-order valence-corrected chi connectivity index (χ4v) is 4.93. The molecule has 0 unspecified atom stereocenters. The average Bonchev–Trinajstić information content (AvgIpc) is 2.77. The van der Waals surface area contributed by atoms with E-state index in [0.717, 1.165) is 0 Å². The Labute approximate surface area is 197 Å².